The first-order valence-corrected chi connectivity index (χ1v) is 6.98. The Morgan fingerprint density at radius 1 is 1.44 bits per heavy atom. The fourth-order valence-electron chi connectivity index (χ4n) is 2.10. The molecule has 0 bridgehead atoms. The predicted molar refractivity (Wildman–Crippen MR) is 75.2 cm³/mol. The predicted octanol–water partition coefficient (Wildman–Crippen LogP) is 2.17. The van der Waals surface area contributed by atoms with Gasteiger partial charge >= 0.3 is 0 Å². The first-order chi connectivity index (χ1) is 8.74. The number of hydrogen-bond acceptors (Lipinski definition) is 5. The third-order valence-corrected chi connectivity index (χ3v) is 3.79. The van der Waals surface area contributed by atoms with Crippen LogP contribution in [0.25, 0.3) is 10.2 Å². The molecule has 0 saturated heterocycles. The van der Waals surface area contributed by atoms with Gasteiger partial charge in [-0.15, -0.1) is 11.3 Å². The number of ether oxygens (including phenoxy) is 1. The minimum absolute atomic E-state index is 0.304. The van der Waals surface area contributed by atoms with Crippen molar-refractivity contribution in [3.8, 4) is 0 Å². The highest BCUT2D eigenvalue weighted by Crippen LogP contribution is 2.25. The largest absolute Gasteiger partial charge is 0.383 e. The van der Waals surface area contributed by atoms with Crippen molar-refractivity contribution >= 4 is 21.6 Å². The summed E-state index contributed by atoms with van der Waals surface area (Å²) in [4.78, 5) is 11.1. The molecule has 18 heavy (non-hydrogen) atoms. The molecule has 1 atom stereocenters. The normalized spacial score (nSPS) is 13.1. The van der Waals surface area contributed by atoms with Crippen LogP contribution in [-0.4, -0.2) is 36.3 Å². The van der Waals surface area contributed by atoms with E-state index < -0.39 is 0 Å². The van der Waals surface area contributed by atoms with Crippen LogP contribution >= 0.6 is 11.3 Å². The molecule has 1 unspecified atom stereocenters. The van der Waals surface area contributed by atoms with Gasteiger partial charge in [0.05, 0.1) is 12.3 Å². The number of aromatic nitrogens is 2. The quantitative estimate of drug-likeness (QED) is 0.869. The monoisotopic (exact) mass is 265 g/mol. The summed E-state index contributed by atoms with van der Waals surface area (Å²) in [6.45, 7) is 5.84. The third-order valence-electron chi connectivity index (χ3n) is 2.84. The molecule has 0 saturated carbocycles. The van der Waals surface area contributed by atoms with E-state index in [1.54, 1.807) is 24.8 Å². The van der Waals surface area contributed by atoms with Crippen molar-refractivity contribution in [2.75, 3.05) is 20.3 Å². The van der Waals surface area contributed by atoms with E-state index in [2.05, 4.69) is 35.2 Å². The number of likely N-dealkylation sites (N-methyl/N-ethyl adjacent to an activating group) is 1. The fraction of sp³-hybridized carbons (Fsp3) is 0.538. The van der Waals surface area contributed by atoms with Gasteiger partial charge in [0.2, 0.25) is 0 Å². The molecule has 0 aromatic carbocycles. The number of nitrogens with one attached hydrogen (secondary N) is 1. The molecule has 0 spiro atoms. The molecule has 2 heterocycles. The number of fused-ring (bicyclic) bond motifs is 1. The average Bonchev–Trinajstić information content (AvgIpc) is 2.71. The summed E-state index contributed by atoms with van der Waals surface area (Å²) in [5.41, 5.74) is 1.10. The first kappa shape index (κ1) is 13.4. The van der Waals surface area contributed by atoms with Gasteiger partial charge in [-0.05, 0) is 19.5 Å². The maximum absolute atomic E-state index is 5.24. The summed E-state index contributed by atoms with van der Waals surface area (Å²) in [7, 11) is 1.73. The Kier molecular flexibility index (Phi) is 4.63. The van der Waals surface area contributed by atoms with Gasteiger partial charge in [-0.25, -0.2) is 9.97 Å². The van der Waals surface area contributed by atoms with E-state index in [4.69, 9.17) is 4.74 Å². The van der Waals surface area contributed by atoms with Crippen molar-refractivity contribution in [2.24, 2.45) is 0 Å². The molecule has 0 fully saturated rings. The van der Waals surface area contributed by atoms with Crippen LogP contribution in [0.4, 0.5) is 0 Å². The second-order valence-corrected chi connectivity index (χ2v) is 5.55. The maximum atomic E-state index is 5.24. The highest BCUT2D eigenvalue weighted by Gasteiger charge is 2.13. The standard InChI is InChI=1S/C13H19N3OS/c1-4-14-10(7-17-3)6-12-11-5-9(2)18-13(11)16-8-15-12/h5,8,10,14H,4,6-7H2,1-3H3. The van der Waals surface area contributed by atoms with Crippen molar-refractivity contribution in [3.05, 3.63) is 23.0 Å². The first-order valence-electron chi connectivity index (χ1n) is 6.17. The van der Waals surface area contributed by atoms with Crippen molar-refractivity contribution in [2.45, 2.75) is 26.3 Å². The lowest BCUT2D eigenvalue weighted by Crippen LogP contribution is -2.35. The molecule has 4 nitrogen and oxygen atoms in total. The minimum atomic E-state index is 0.304. The molecule has 5 heteroatoms. The zero-order chi connectivity index (χ0) is 13.0. The maximum Gasteiger partial charge on any atom is 0.127 e. The molecule has 0 aliphatic carbocycles. The number of thiophene rings is 1. The van der Waals surface area contributed by atoms with Crippen LogP contribution in [0.3, 0.4) is 0 Å². The molecule has 2 rings (SSSR count). The van der Waals surface area contributed by atoms with Gasteiger partial charge < -0.3 is 10.1 Å². The van der Waals surface area contributed by atoms with Crippen LogP contribution < -0.4 is 5.32 Å². The zero-order valence-corrected chi connectivity index (χ0v) is 11.9. The van der Waals surface area contributed by atoms with Gasteiger partial charge in [0.1, 0.15) is 11.2 Å². The molecule has 98 valence electrons. The molecular weight excluding hydrogens is 246 g/mol. The second-order valence-electron chi connectivity index (χ2n) is 4.31. The van der Waals surface area contributed by atoms with Gasteiger partial charge in [-0.3, -0.25) is 0 Å². The van der Waals surface area contributed by atoms with Crippen LogP contribution in [0.2, 0.25) is 0 Å². The highest BCUT2D eigenvalue weighted by molar-refractivity contribution is 7.18. The average molecular weight is 265 g/mol. The summed E-state index contributed by atoms with van der Waals surface area (Å²) < 4.78 is 5.24. The minimum Gasteiger partial charge on any atom is -0.383 e. The van der Waals surface area contributed by atoms with Gasteiger partial charge in [0.25, 0.3) is 0 Å². The van der Waals surface area contributed by atoms with E-state index in [1.165, 1.54) is 10.3 Å². The van der Waals surface area contributed by atoms with Gasteiger partial charge in [0.15, 0.2) is 0 Å². The van der Waals surface area contributed by atoms with E-state index >= 15 is 0 Å². The van der Waals surface area contributed by atoms with Crippen LogP contribution in [-0.2, 0) is 11.2 Å². The number of aryl methyl sites for hydroxylation is 1. The molecule has 0 aliphatic rings. The number of rotatable bonds is 6. The van der Waals surface area contributed by atoms with Crippen LogP contribution in [0.5, 0.6) is 0 Å². The van der Waals surface area contributed by atoms with E-state index in [-0.39, 0.29) is 0 Å². The molecule has 2 aromatic heterocycles. The fourth-order valence-corrected chi connectivity index (χ4v) is 2.97. The van der Waals surface area contributed by atoms with Crippen LogP contribution in [0.1, 0.15) is 17.5 Å². The Hall–Kier alpha value is -1.04. The van der Waals surface area contributed by atoms with E-state index in [0.29, 0.717) is 12.6 Å². The molecule has 1 N–H and O–H groups in total. The van der Waals surface area contributed by atoms with E-state index in [9.17, 15) is 0 Å². The molecule has 0 amide bonds. The Morgan fingerprint density at radius 3 is 3.00 bits per heavy atom. The molecular formula is C13H19N3OS. The third kappa shape index (κ3) is 3.04. The van der Waals surface area contributed by atoms with E-state index in [0.717, 1.165) is 23.5 Å². The lowest BCUT2D eigenvalue weighted by molar-refractivity contribution is 0.166. The van der Waals surface area contributed by atoms with Crippen molar-refractivity contribution < 1.29 is 4.74 Å². The summed E-state index contributed by atoms with van der Waals surface area (Å²) in [5, 5.41) is 4.60. The smallest absolute Gasteiger partial charge is 0.127 e. The Morgan fingerprint density at radius 2 is 2.28 bits per heavy atom. The Labute approximate surface area is 111 Å². The number of hydrogen-bond donors (Lipinski definition) is 1. The number of nitrogens with zero attached hydrogens (tertiary/aromatic N) is 2. The molecule has 0 radical (unpaired) electrons. The Balaban J connectivity index is 2.23. The summed E-state index contributed by atoms with van der Waals surface area (Å²) >= 11 is 1.72. The summed E-state index contributed by atoms with van der Waals surface area (Å²) in [6, 6.07) is 2.48. The molecule has 2 aromatic rings. The Bertz CT molecular complexity index is 506. The SMILES string of the molecule is CCNC(COC)Cc1ncnc2sc(C)cc12. The topological polar surface area (TPSA) is 47.0 Å². The van der Waals surface area contributed by atoms with E-state index in [1.807, 2.05) is 0 Å². The summed E-state index contributed by atoms with van der Waals surface area (Å²) in [6.07, 6.45) is 2.53. The summed E-state index contributed by atoms with van der Waals surface area (Å²) in [5.74, 6) is 0. The van der Waals surface area contributed by atoms with Gasteiger partial charge in [0, 0.05) is 29.8 Å². The van der Waals surface area contributed by atoms with Crippen molar-refractivity contribution in [1.82, 2.24) is 15.3 Å². The molecule has 0 aliphatic heterocycles. The lowest BCUT2D eigenvalue weighted by Gasteiger charge is -2.16. The zero-order valence-electron chi connectivity index (χ0n) is 11.1. The highest BCUT2D eigenvalue weighted by atomic mass is 32.1. The van der Waals surface area contributed by atoms with Crippen molar-refractivity contribution in [1.29, 1.82) is 0 Å². The van der Waals surface area contributed by atoms with Crippen LogP contribution in [0.15, 0.2) is 12.4 Å². The second kappa shape index (κ2) is 6.22. The van der Waals surface area contributed by atoms with Gasteiger partial charge in [-0.1, -0.05) is 6.92 Å². The van der Waals surface area contributed by atoms with Crippen LogP contribution in [0, 0.1) is 6.92 Å². The van der Waals surface area contributed by atoms with Gasteiger partial charge in [-0.2, -0.15) is 0 Å². The number of methoxy groups -OCH3 is 1. The lowest BCUT2D eigenvalue weighted by atomic mass is 10.1. The van der Waals surface area contributed by atoms with Crippen molar-refractivity contribution in [3.63, 3.8) is 0 Å².